The van der Waals surface area contributed by atoms with Gasteiger partial charge in [0.25, 0.3) is 0 Å². The largest absolute Gasteiger partial charge is 0.378 e. The highest BCUT2D eigenvalue weighted by atomic mass is 127. The number of aliphatic imine (C=N–C) groups is 1. The van der Waals surface area contributed by atoms with E-state index >= 15 is 0 Å². The molecule has 9 heteroatoms. The zero-order valence-corrected chi connectivity index (χ0v) is 20.9. The summed E-state index contributed by atoms with van der Waals surface area (Å²) in [7, 11) is 1.68. The predicted molar refractivity (Wildman–Crippen MR) is 133 cm³/mol. The fraction of sp³-hybridized carbons (Fsp3) is 0.636. The second-order valence-electron chi connectivity index (χ2n) is 7.86. The van der Waals surface area contributed by atoms with Crippen molar-refractivity contribution in [3.8, 4) is 0 Å². The maximum atomic E-state index is 14.6. The van der Waals surface area contributed by atoms with E-state index in [-0.39, 0.29) is 35.7 Å². The van der Waals surface area contributed by atoms with Gasteiger partial charge in [-0.1, -0.05) is 6.07 Å². The van der Waals surface area contributed by atoms with Crippen molar-refractivity contribution in [2.45, 2.75) is 32.7 Å². The molecule has 2 aliphatic rings. The first kappa shape index (κ1) is 25.6. The molecule has 7 nitrogen and oxygen atoms in total. The highest BCUT2D eigenvalue weighted by molar-refractivity contribution is 14.0. The average Bonchev–Trinajstić information content (AvgIpc) is 2.78. The summed E-state index contributed by atoms with van der Waals surface area (Å²) >= 11 is 0. The first-order valence-electron chi connectivity index (χ1n) is 11.0. The molecule has 31 heavy (non-hydrogen) atoms. The molecule has 0 aromatic heterocycles. The lowest BCUT2D eigenvalue weighted by Crippen LogP contribution is -2.46. The van der Waals surface area contributed by atoms with Gasteiger partial charge in [0.05, 0.1) is 25.4 Å². The van der Waals surface area contributed by atoms with Gasteiger partial charge in [-0.05, 0) is 43.4 Å². The van der Waals surface area contributed by atoms with Crippen LogP contribution in [-0.4, -0.2) is 69.8 Å². The predicted octanol–water partition coefficient (Wildman–Crippen LogP) is 2.59. The standard InChI is InChI=1S/C22H34FN5O2.HI/c1-3-25-22(28-8-6-17(7-9-28)15-21(29)24-2)26-16-18-4-5-20(19(23)14-18)27-10-12-30-13-11-27;/h4-5,14,17H,3,6-13,15-16H2,1-2H3,(H,24,29)(H,25,26);1H. The molecule has 0 atom stereocenters. The van der Waals surface area contributed by atoms with Crippen LogP contribution in [0.4, 0.5) is 10.1 Å². The number of piperidine rings is 1. The van der Waals surface area contributed by atoms with E-state index in [0.29, 0.717) is 37.8 Å². The summed E-state index contributed by atoms with van der Waals surface area (Å²) in [6.45, 7) is 7.71. The summed E-state index contributed by atoms with van der Waals surface area (Å²) in [5, 5.41) is 6.05. The molecule has 174 valence electrons. The number of hydrogen-bond donors (Lipinski definition) is 2. The molecule has 1 aromatic rings. The maximum Gasteiger partial charge on any atom is 0.220 e. The van der Waals surface area contributed by atoms with Gasteiger partial charge in [-0.25, -0.2) is 9.38 Å². The van der Waals surface area contributed by atoms with Gasteiger partial charge in [0.15, 0.2) is 5.96 Å². The zero-order valence-electron chi connectivity index (χ0n) is 18.5. The Morgan fingerprint density at radius 1 is 1.23 bits per heavy atom. The molecule has 0 saturated carbocycles. The van der Waals surface area contributed by atoms with Crippen molar-refractivity contribution in [1.29, 1.82) is 0 Å². The van der Waals surface area contributed by atoms with Crippen LogP contribution in [0.3, 0.4) is 0 Å². The fourth-order valence-corrected chi connectivity index (χ4v) is 4.01. The van der Waals surface area contributed by atoms with E-state index < -0.39 is 0 Å². The number of hydrogen-bond acceptors (Lipinski definition) is 4. The number of carbonyl (C=O) groups excluding carboxylic acids is 1. The van der Waals surface area contributed by atoms with Crippen molar-refractivity contribution in [2.75, 3.05) is 57.9 Å². The number of anilines is 1. The van der Waals surface area contributed by atoms with Gasteiger partial charge in [0.1, 0.15) is 5.82 Å². The topological polar surface area (TPSA) is 69.2 Å². The van der Waals surface area contributed by atoms with Crippen molar-refractivity contribution >= 4 is 41.5 Å². The molecule has 2 N–H and O–H groups in total. The van der Waals surface area contributed by atoms with E-state index in [1.807, 2.05) is 24.0 Å². The number of nitrogens with zero attached hydrogens (tertiary/aromatic N) is 3. The van der Waals surface area contributed by atoms with Crippen molar-refractivity contribution in [2.24, 2.45) is 10.9 Å². The normalized spacial score (nSPS) is 17.8. The van der Waals surface area contributed by atoms with Crippen molar-refractivity contribution in [3.63, 3.8) is 0 Å². The Kier molecular flexibility index (Phi) is 10.8. The van der Waals surface area contributed by atoms with Crippen LogP contribution in [0.5, 0.6) is 0 Å². The molecule has 0 aliphatic carbocycles. The van der Waals surface area contributed by atoms with E-state index in [4.69, 9.17) is 9.73 Å². The first-order chi connectivity index (χ1) is 14.6. The lowest BCUT2D eigenvalue weighted by Gasteiger charge is -2.34. The molecule has 0 bridgehead atoms. The molecular weight excluding hydrogens is 512 g/mol. The molecule has 2 fully saturated rings. The van der Waals surface area contributed by atoms with Gasteiger partial charge < -0.3 is 25.2 Å². The van der Waals surface area contributed by atoms with Crippen LogP contribution >= 0.6 is 24.0 Å². The van der Waals surface area contributed by atoms with Crippen LogP contribution in [0.2, 0.25) is 0 Å². The monoisotopic (exact) mass is 547 g/mol. The van der Waals surface area contributed by atoms with Crippen molar-refractivity contribution in [1.82, 2.24) is 15.5 Å². The van der Waals surface area contributed by atoms with Gasteiger partial charge >= 0.3 is 0 Å². The second kappa shape index (κ2) is 13.0. The van der Waals surface area contributed by atoms with Crippen molar-refractivity contribution < 1.29 is 13.9 Å². The van der Waals surface area contributed by atoms with E-state index in [1.165, 1.54) is 0 Å². The Labute approximate surface area is 201 Å². The van der Waals surface area contributed by atoms with E-state index in [1.54, 1.807) is 13.1 Å². The summed E-state index contributed by atoms with van der Waals surface area (Å²) < 4.78 is 20.0. The van der Waals surface area contributed by atoms with Gasteiger partial charge in [-0.2, -0.15) is 0 Å². The minimum atomic E-state index is -0.204. The Balaban J connectivity index is 0.00000341. The highest BCUT2D eigenvalue weighted by Gasteiger charge is 2.23. The Morgan fingerprint density at radius 3 is 2.55 bits per heavy atom. The summed E-state index contributed by atoms with van der Waals surface area (Å²) in [4.78, 5) is 20.6. The van der Waals surface area contributed by atoms with Crippen LogP contribution in [0.25, 0.3) is 0 Å². The quantitative estimate of drug-likeness (QED) is 0.326. The van der Waals surface area contributed by atoms with Crippen LogP contribution in [0.1, 0.15) is 31.7 Å². The van der Waals surface area contributed by atoms with Crippen LogP contribution in [0, 0.1) is 11.7 Å². The molecular formula is C22H35FIN5O2. The molecule has 2 saturated heterocycles. The lowest BCUT2D eigenvalue weighted by molar-refractivity contribution is -0.121. The third-order valence-corrected chi connectivity index (χ3v) is 5.78. The number of nitrogens with one attached hydrogen (secondary N) is 2. The molecule has 2 aliphatic heterocycles. The number of carbonyl (C=O) groups is 1. The molecule has 0 unspecified atom stereocenters. The third kappa shape index (κ3) is 7.48. The molecule has 0 radical (unpaired) electrons. The smallest absolute Gasteiger partial charge is 0.220 e. The number of amides is 1. The Morgan fingerprint density at radius 2 is 1.94 bits per heavy atom. The van der Waals surface area contributed by atoms with Crippen LogP contribution in [-0.2, 0) is 16.1 Å². The third-order valence-electron chi connectivity index (χ3n) is 5.78. The van der Waals surface area contributed by atoms with Gasteiger partial charge in [0, 0.05) is 46.2 Å². The number of likely N-dealkylation sites (tertiary alicyclic amines) is 1. The summed E-state index contributed by atoms with van der Waals surface area (Å²) in [6.07, 6.45) is 2.54. The molecule has 1 amide bonds. The summed E-state index contributed by atoms with van der Waals surface area (Å²) in [6, 6.07) is 5.40. The van der Waals surface area contributed by atoms with Gasteiger partial charge in [-0.3, -0.25) is 4.79 Å². The fourth-order valence-electron chi connectivity index (χ4n) is 4.01. The SMILES string of the molecule is CCNC(=NCc1ccc(N2CCOCC2)c(F)c1)N1CCC(CC(=O)NC)CC1.I. The van der Waals surface area contributed by atoms with Crippen LogP contribution < -0.4 is 15.5 Å². The number of halogens is 2. The summed E-state index contributed by atoms with van der Waals surface area (Å²) in [5.74, 6) is 1.18. The summed E-state index contributed by atoms with van der Waals surface area (Å²) in [5.41, 5.74) is 1.49. The Bertz CT molecular complexity index is 735. The minimum absolute atomic E-state index is 0. The zero-order chi connectivity index (χ0) is 21.3. The molecule has 1 aromatic carbocycles. The van der Waals surface area contributed by atoms with E-state index in [0.717, 1.165) is 57.1 Å². The second-order valence-corrected chi connectivity index (χ2v) is 7.86. The number of rotatable bonds is 6. The first-order valence-corrected chi connectivity index (χ1v) is 11.0. The van der Waals surface area contributed by atoms with E-state index in [2.05, 4.69) is 15.5 Å². The van der Waals surface area contributed by atoms with Crippen molar-refractivity contribution in [3.05, 3.63) is 29.6 Å². The van der Waals surface area contributed by atoms with Gasteiger partial charge in [-0.15, -0.1) is 24.0 Å². The maximum absolute atomic E-state index is 14.6. The van der Waals surface area contributed by atoms with E-state index in [9.17, 15) is 9.18 Å². The highest BCUT2D eigenvalue weighted by Crippen LogP contribution is 2.23. The molecule has 0 spiro atoms. The average molecular weight is 547 g/mol. The lowest BCUT2D eigenvalue weighted by atomic mass is 9.93. The number of morpholine rings is 1. The Hall–Kier alpha value is -1.62. The number of guanidine groups is 1. The molecule has 3 rings (SSSR count). The molecule has 2 heterocycles. The van der Waals surface area contributed by atoms with Gasteiger partial charge in [0.2, 0.25) is 5.91 Å². The number of ether oxygens (including phenoxy) is 1. The minimum Gasteiger partial charge on any atom is -0.378 e. The van der Waals surface area contributed by atoms with Crippen LogP contribution in [0.15, 0.2) is 23.2 Å². The number of benzene rings is 1.